The van der Waals surface area contributed by atoms with Gasteiger partial charge in [-0.1, -0.05) is 48.5 Å². The predicted octanol–water partition coefficient (Wildman–Crippen LogP) is 5.23. The highest BCUT2D eigenvalue weighted by molar-refractivity contribution is 8.05. The number of hydrogen-bond donors (Lipinski definition) is 2. The molecule has 2 fully saturated rings. The van der Waals surface area contributed by atoms with Gasteiger partial charge in [0, 0.05) is 21.2 Å². The molecule has 2 saturated heterocycles. The first kappa shape index (κ1) is 25.2. The number of hydrogen-bond acceptors (Lipinski definition) is 6. The van der Waals surface area contributed by atoms with Gasteiger partial charge in [0.1, 0.15) is 16.5 Å². The molecular formula is C28H23ClN2O5S2. The van der Waals surface area contributed by atoms with Crippen molar-refractivity contribution in [3.05, 3.63) is 77.9 Å². The molecule has 10 heteroatoms. The quantitative estimate of drug-likeness (QED) is 0.233. The molecule has 38 heavy (non-hydrogen) atoms. The molecule has 0 spiro atoms. The number of thioether (sulfide) groups is 2. The van der Waals surface area contributed by atoms with Gasteiger partial charge >= 0.3 is 5.97 Å². The highest BCUT2D eigenvalue weighted by Gasteiger charge is 2.58. The minimum atomic E-state index is -1.50. The summed E-state index contributed by atoms with van der Waals surface area (Å²) in [6, 6.07) is 20.7. The molecule has 194 valence electrons. The number of β-lactam (4-membered cyclic amide) rings is 1. The molecule has 2 aliphatic heterocycles. The van der Waals surface area contributed by atoms with Gasteiger partial charge in [0.15, 0.2) is 4.75 Å². The number of benzene rings is 3. The fourth-order valence-electron chi connectivity index (χ4n) is 4.99. The number of nitrogens with zero attached hydrogens (tertiary/aromatic N) is 1. The Labute approximate surface area is 231 Å². The maximum absolute atomic E-state index is 13.0. The van der Waals surface area contributed by atoms with Gasteiger partial charge in [-0.25, -0.2) is 0 Å². The number of carbonyl (C=O) groups is 3. The van der Waals surface area contributed by atoms with Crippen molar-refractivity contribution in [2.75, 3.05) is 6.54 Å². The van der Waals surface area contributed by atoms with Crippen molar-refractivity contribution in [3.63, 3.8) is 0 Å². The SMILES string of the molecule is O=C(Cc1ccccc1)NC1S[C@@H]2CC(=O)N2CC1(Sc1ccc2c(c1)oc1c(CCl)cccc12)C(=O)O. The number of nitrogens with one attached hydrogen (secondary N) is 1. The van der Waals surface area contributed by atoms with Gasteiger partial charge in [-0.05, 0) is 23.8 Å². The van der Waals surface area contributed by atoms with Gasteiger partial charge in [-0.2, -0.15) is 0 Å². The van der Waals surface area contributed by atoms with E-state index in [2.05, 4.69) is 5.32 Å². The molecule has 2 amide bonds. The lowest BCUT2D eigenvalue weighted by atomic mass is 10.0. The molecule has 2 unspecified atom stereocenters. The van der Waals surface area contributed by atoms with E-state index < -0.39 is 16.1 Å². The van der Waals surface area contributed by atoms with E-state index in [4.69, 9.17) is 16.0 Å². The average Bonchev–Trinajstić information content (AvgIpc) is 3.28. The second kappa shape index (κ2) is 9.87. The van der Waals surface area contributed by atoms with Crippen LogP contribution in [0, 0.1) is 0 Å². The van der Waals surface area contributed by atoms with Gasteiger partial charge in [-0.15, -0.1) is 35.1 Å². The molecule has 3 heterocycles. The summed E-state index contributed by atoms with van der Waals surface area (Å²) in [6.07, 6.45) is 0.476. The van der Waals surface area contributed by atoms with Crippen LogP contribution < -0.4 is 5.32 Å². The zero-order valence-corrected chi connectivity index (χ0v) is 22.4. The number of rotatable bonds is 7. The fraction of sp³-hybridized carbons (Fsp3) is 0.250. The number of furan rings is 1. The molecule has 3 atom stereocenters. The largest absolute Gasteiger partial charge is 0.480 e. The normalized spacial score (nSPS) is 22.8. The Hall–Kier alpha value is -3.14. The molecule has 7 nitrogen and oxygen atoms in total. The summed E-state index contributed by atoms with van der Waals surface area (Å²) in [5, 5.41) is 14.5. The lowest BCUT2D eigenvalue weighted by molar-refractivity contribution is -0.147. The summed E-state index contributed by atoms with van der Waals surface area (Å²) in [7, 11) is 0. The van der Waals surface area contributed by atoms with Crippen LogP contribution in [0.2, 0.25) is 0 Å². The number of carboxylic acids is 1. The van der Waals surface area contributed by atoms with E-state index in [0.717, 1.165) is 33.7 Å². The summed E-state index contributed by atoms with van der Waals surface area (Å²) in [5.41, 5.74) is 3.05. The molecule has 2 aliphatic rings. The molecule has 1 aromatic heterocycles. The summed E-state index contributed by atoms with van der Waals surface area (Å²) < 4.78 is 4.64. The van der Waals surface area contributed by atoms with E-state index in [0.29, 0.717) is 28.4 Å². The van der Waals surface area contributed by atoms with Crippen LogP contribution in [0.4, 0.5) is 0 Å². The number of alkyl halides is 1. The Kier molecular flexibility index (Phi) is 6.53. The van der Waals surface area contributed by atoms with Crippen molar-refractivity contribution in [1.82, 2.24) is 10.2 Å². The van der Waals surface area contributed by atoms with Crippen LogP contribution in [0.5, 0.6) is 0 Å². The standard InChI is InChI=1S/C28H23ClN2O5S2/c29-14-17-7-4-8-20-19-10-9-18(12-21(19)36-25(17)20)38-28(27(34)35)15-31-23(33)13-24(31)37-26(28)30-22(32)11-16-5-2-1-3-6-16/h1-10,12,24,26H,11,13-15H2,(H,30,32)(H,34,35)/t24-,26?,28?/m1/s1. The summed E-state index contributed by atoms with van der Waals surface area (Å²) in [6.45, 7) is -0.00561. The van der Waals surface area contributed by atoms with Crippen molar-refractivity contribution in [3.8, 4) is 0 Å². The molecular weight excluding hydrogens is 544 g/mol. The van der Waals surface area contributed by atoms with E-state index in [-0.39, 0.29) is 30.2 Å². The smallest absolute Gasteiger partial charge is 0.325 e. The van der Waals surface area contributed by atoms with E-state index in [9.17, 15) is 19.5 Å². The highest BCUT2D eigenvalue weighted by Crippen LogP contribution is 2.50. The van der Waals surface area contributed by atoms with Crippen LogP contribution in [0.1, 0.15) is 17.5 Å². The van der Waals surface area contributed by atoms with Gasteiger partial charge in [0.25, 0.3) is 0 Å². The molecule has 2 N–H and O–H groups in total. The minimum Gasteiger partial charge on any atom is -0.480 e. The summed E-state index contributed by atoms with van der Waals surface area (Å²) in [5.74, 6) is -1.12. The number of aliphatic carboxylic acids is 1. The lowest BCUT2D eigenvalue weighted by Crippen LogP contribution is -2.69. The van der Waals surface area contributed by atoms with Gasteiger partial charge in [-0.3, -0.25) is 14.4 Å². The maximum Gasteiger partial charge on any atom is 0.325 e. The fourth-order valence-corrected chi connectivity index (χ4v) is 8.18. The number of carbonyl (C=O) groups excluding carboxylic acids is 2. The molecule has 0 radical (unpaired) electrons. The first-order chi connectivity index (χ1) is 18.4. The second-order valence-electron chi connectivity index (χ2n) is 9.41. The summed E-state index contributed by atoms with van der Waals surface area (Å²) >= 11 is 8.56. The highest BCUT2D eigenvalue weighted by atomic mass is 35.5. The topological polar surface area (TPSA) is 99.9 Å². The van der Waals surface area contributed by atoms with Gasteiger partial charge in [0.2, 0.25) is 11.8 Å². The Morgan fingerprint density at radius 3 is 2.68 bits per heavy atom. The van der Waals surface area contributed by atoms with Crippen LogP contribution in [-0.2, 0) is 26.7 Å². The van der Waals surface area contributed by atoms with Crippen molar-refractivity contribution in [2.45, 2.75) is 39.1 Å². The molecule has 6 rings (SSSR count). The van der Waals surface area contributed by atoms with E-state index >= 15 is 0 Å². The van der Waals surface area contributed by atoms with Crippen LogP contribution in [-0.4, -0.2) is 49.8 Å². The third-order valence-corrected chi connectivity index (χ3v) is 10.4. The van der Waals surface area contributed by atoms with Crippen LogP contribution >= 0.6 is 35.1 Å². The molecule has 4 aromatic rings. The Morgan fingerprint density at radius 2 is 1.95 bits per heavy atom. The van der Waals surface area contributed by atoms with Crippen molar-refractivity contribution in [1.29, 1.82) is 0 Å². The van der Waals surface area contributed by atoms with Crippen molar-refractivity contribution >= 4 is 74.8 Å². The van der Waals surface area contributed by atoms with Crippen molar-refractivity contribution < 1.29 is 23.9 Å². The number of para-hydroxylation sites is 1. The predicted molar refractivity (Wildman–Crippen MR) is 149 cm³/mol. The van der Waals surface area contributed by atoms with E-state index in [1.165, 1.54) is 11.8 Å². The Bertz CT molecular complexity index is 1580. The van der Waals surface area contributed by atoms with E-state index in [1.807, 2.05) is 66.7 Å². The number of fused-ring (bicyclic) bond motifs is 4. The maximum atomic E-state index is 13.0. The monoisotopic (exact) mass is 566 g/mol. The number of amides is 2. The van der Waals surface area contributed by atoms with Gasteiger partial charge in [0.05, 0.1) is 30.6 Å². The Morgan fingerprint density at radius 1 is 1.13 bits per heavy atom. The molecule has 3 aromatic carbocycles. The minimum absolute atomic E-state index is 0.00561. The van der Waals surface area contributed by atoms with Crippen molar-refractivity contribution in [2.24, 2.45) is 0 Å². The first-order valence-corrected chi connectivity index (χ1v) is 14.4. The molecule has 0 aliphatic carbocycles. The van der Waals surface area contributed by atoms with E-state index in [1.54, 1.807) is 4.90 Å². The zero-order chi connectivity index (χ0) is 26.4. The van der Waals surface area contributed by atoms with Crippen LogP contribution in [0.3, 0.4) is 0 Å². The molecule has 0 saturated carbocycles. The third kappa shape index (κ3) is 4.32. The van der Waals surface area contributed by atoms with Crippen LogP contribution in [0.15, 0.2) is 76.0 Å². The summed E-state index contributed by atoms with van der Waals surface area (Å²) in [4.78, 5) is 40.5. The van der Waals surface area contributed by atoms with Crippen LogP contribution in [0.25, 0.3) is 21.9 Å². The van der Waals surface area contributed by atoms with Gasteiger partial charge < -0.3 is 19.7 Å². The molecule has 0 bridgehead atoms. The number of carboxylic acid groups (broad SMARTS) is 1. The average molecular weight is 567 g/mol. The Balaban J connectivity index is 1.34. The second-order valence-corrected chi connectivity index (χ2v) is 12.4. The number of halogens is 1. The third-order valence-electron chi connectivity index (χ3n) is 7.00. The zero-order valence-electron chi connectivity index (χ0n) is 20.1. The first-order valence-electron chi connectivity index (χ1n) is 12.1. The lowest BCUT2D eigenvalue weighted by Gasteiger charge is -2.53.